The monoisotopic (exact) mass is 841 g/mol. The SMILES string of the molecule is c1ccc(C2(c3ccccc3)c3ccccc3-c3cc(-c4ccccc4N(c4ccc5c(c4)C(c4ccccc4)(c4ccccc4)c4ccccc4-5)c4ccc5ccoc5c4)ccc32)cc1. The van der Waals surface area contributed by atoms with E-state index in [0.29, 0.717) is 0 Å². The molecule has 0 spiro atoms. The first-order valence-electron chi connectivity index (χ1n) is 22.8. The molecule has 0 amide bonds. The Morgan fingerprint density at radius 2 is 0.758 bits per heavy atom. The van der Waals surface area contributed by atoms with E-state index in [0.717, 1.165) is 39.2 Å². The van der Waals surface area contributed by atoms with Crippen molar-refractivity contribution in [2.24, 2.45) is 0 Å². The molecule has 0 fully saturated rings. The van der Waals surface area contributed by atoms with Crippen molar-refractivity contribution in [3.05, 3.63) is 306 Å². The highest BCUT2D eigenvalue weighted by molar-refractivity contribution is 5.96. The molecular weight excluding hydrogens is 799 g/mol. The molecule has 1 aromatic heterocycles. The second-order valence-corrected chi connectivity index (χ2v) is 17.5. The zero-order valence-corrected chi connectivity index (χ0v) is 36.2. The van der Waals surface area contributed by atoms with E-state index in [-0.39, 0.29) is 0 Å². The third-order valence-corrected chi connectivity index (χ3v) is 14.3. The lowest BCUT2D eigenvalue weighted by Crippen LogP contribution is -2.28. The highest BCUT2D eigenvalue weighted by atomic mass is 16.3. The van der Waals surface area contributed by atoms with Crippen LogP contribution in [0.1, 0.15) is 44.5 Å². The van der Waals surface area contributed by atoms with Crippen molar-refractivity contribution in [3.8, 4) is 33.4 Å². The Balaban J connectivity index is 1.05. The van der Waals surface area contributed by atoms with Crippen LogP contribution in [0.4, 0.5) is 17.1 Å². The van der Waals surface area contributed by atoms with Gasteiger partial charge in [0.15, 0.2) is 0 Å². The number of fused-ring (bicyclic) bond motifs is 7. The van der Waals surface area contributed by atoms with E-state index in [1.54, 1.807) is 6.26 Å². The Morgan fingerprint density at radius 3 is 1.36 bits per heavy atom. The number of para-hydroxylation sites is 1. The maximum Gasteiger partial charge on any atom is 0.135 e. The molecule has 2 aliphatic carbocycles. The van der Waals surface area contributed by atoms with Crippen LogP contribution >= 0.6 is 0 Å². The zero-order chi connectivity index (χ0) is 43.7. The van der Waals surface area contributed by atoms with Gasteiger partial charge >= 0.3 is 0 Å². The molecule has 1 heterocycles. The molecule has 0 N–H and O–H groups in total. The molecule has 11 aromatic rings. The maximum absolute atomic E-state index is 6.11. The van der Waals surface area contributed by atoms with E-state index in [9.17, 15) is 0 Å². The van der Waals surface area contributed by atoms with Crippen LogP contribution < -0.4 is 4.90 Å². The lowest BCUT2D eigenvalue weighted by molar-refractivity contribution is 0.616. The second kappa shape index (κ2) is 15.1. The number of rotatable bonds is 8. The fraction of sp³-hybridized carbons (Fsp3) is 0.0312. The molecule has 0 unspecified atom stereocenters. The average molecular weight is 842 g/mol. The molecule has 2 nitrogen and oxygen atoms in total. The summed E-state index contributed by atoms with van der Waals surface area (Å²) in [5, 5.41) is 1.07. The van der Waals surface area contributed by atoms with Gasteiger partial charge in [-0.2, -0.15) is 0 Å². The fourth-order valence-electron chi connectivity index (χ4n) is 11.6. The summed E-state index contributed by atoms with van der Waals surface area (Å²) in [6.07, 6.45) is 1.78. The average Bonchev–Trinajstić information content (AvgIpc) is 4.08. The van der Waals surface area contributed by atoms with Gasteiger partial charge in [-0.3, -0.25) is 0 Å². The van der Waals surface area contributed by atoms with Crippen molar-refractivity contribution in [1.82, 2.24) is 0 Å². The van der Waals surface area contributed by atoms with Gasteiger partial charge in [-0.25, -0.2) is 0 Å². The van der Waals surface area contributed by atoms with Gasteiger partial charge < -0.3 is 9.32 Å². The first-order chi connectivity index (χ1) is 32.7. The molecule has 13 rings (SSSR count). The molecule has 10 aromatic carbocycles. The Kier molecular flexibility index (Phi) is 8.69. The number of anilines is 3. The Hall–Kier alpha value is -8.46. The van der Waals surface area contributed by atoms with Crippen LogP contribution in [0, 0.1) is 0 Å². The van der Waals surface area contributed by atoms with Gasteiger partial charge in [0, 0.05) is 28.4 Å². The normalized spacial score (nSPS) is 13.7. The van der Waals surface area contributed by atoms with E-state index in [4.69, 9.17) is 4.42 Å². The minimum atomic E-state index is -0.544. The standard InChI is InChI=1S/C64H43NO/c1-5-19-46(20-6-1)63(47-21-7-2-8-22-47)58-31-17-14-29-54(58)56-41-45(34-38-59(56)63)52-27-15-18-32-61(52)65(51-35-33-44-39-40-66-62(44)43-51)50-36-37-55-53-28-13-16-30-57(53)64(60(55)42-50,48-23-9-3-10-24-48)49-25-11-4-12-26-49/h1-43H. The quantitative estimate of drug-likeness (QED) is 0.152. The van der Waals surface area contributed by atoms with Crippen LogP contribution in [-0.4, -0.2) is 0 Å². The Bertz CT molecular complexity index is 3510. The number of hydrogen-bond acceptors (Lipinski definition) is 2. The summed E-state index contributed by atoms with van der Waals surface area (Å²) >= 11 is 0. The predicted octanol–water partition coefficient (Wildman–Crippen LogP) is 16.3. The summed E-state index contributed by atoms with van der Waals surface area (Å²) in [5.74, 6) is 0. The third kappa shape index (κ3) is 5.49. The van der Waals surface area contributed by atoms with Gasteiger partial charge in [-0.15, -0.1) is 0 Å². The molecule has 2 heteroatoms. The molecule has 310 valence electrons. The number of nitrogens with zero attached hydrogens (tertiary/aromatic N) is 1. The minimum Gasteiger partial charge on any atom is -0.464 e. The highest BCUT2D eigenvalue weighted by Crippen LogP contribution is 2.59. The molecule has 0 bridgehead atoms. The van der Waals surface area contributed by atoms with Gasteiger partial charge in [-0.05, 0) is 115 Å². The first kappa shape index (κ1) is 38.0. The van der Waals surface area contributed by atoms with Crippen molar-refractivity contribution in [2.45, 2.75) is 10.8 Å². The Morgan fingerprint density at radius 1 is 0.303 bits per heavy atom. The molecule has 0 saturated heterocycles. The largest absolute Gasteiger partial charge is 0.464 e. The van der Waals surface area contributed by atoms with E-state index in [1.165, 1.54) is 66.8 Å². The maximum atomic E-state index is 6.11. The molecular formula is C64H43NO. The zero-order valence-electron chi connectivity index (χ0n) is 36.2. The topological polar surface area (TPSA) is 16.4 Å². The van der Waals surface area contributed by atoms with Gasteiger partial charge in [0.05, 0.1) is 22.8 Å². The van der Waals surface area contributed by atoms with Gasteiger partial charge in [0.1, 0.15) is 5.58 Å². The summed E-state index contributed by atoms with van der Waals surface area (Å²) < 4.78 is 6.11. The Labute approximate surface area is 385 Å². The van der Waals surface area contributed by atoms with E-state index in [2.05, 4.69) is 254 Å². The van der Waals surface area contributed by atoms with Crippen molar-refractivity contribution >= 4 is 28.0 Å². The van der Waals surface area contributed by atoms with E-state index in [1.807, 2.05) is 6.07 Å². The minimum absolute atomic E-state index is 0.469. The van der Waals surface area contributed by atoms with E-state index < -0.39 is 10.8 Å². The molecule has 0 saturated carbocycles. The van der Waals surface area contributed by atoms with Crippen LogP contribution in [0.3, 0.4) is 0 Å². The van der Waals surface area contributed by atoms with Crippen LogP contribution in [0.25, 0.3) is 44.3 Å². The summed E-state index contributed by atoms with van der Waals surface area (Å²) in [5.41, 5.74) is 20.4. The van der Waals surface area contributed by atoms with Crippen molar-refractivity contribution in [1.29, 1.82) is 0 Å². The van der Waals surface area contributed by atoms with Crippen molar-refractivity contribution in [2.75, 3.05) is 4.90 Å². The van der Waals surface area contributed by atoms with Crippen LogP contribution in [0.5, 0.6) is 0 Å². The summed E-state index contributed by atoms with van der Waals surface area (Å²) in [6.45, 7) is 0. The third-order valence-electron chi connectivity index (χ3n) is 14.3. The predicted molar refractivity (Wildman–Crippen MR) is 271 cm³/mol. The van der Waals surface area contributed by atoms with Crippen LogP contribution in [0.2, 0.25) is 0 Å². The van der Waals surface area contributed by atoms with Gasteiger partial charge in [-0.1, -0.05) is 206 Å². The number of hydrogen-bond donors (Lipinski definition) is 0. The fourth-order valence-corrected chi connectivity index (χ4v) is 11.6. The second-order valence-electron chi connectivity index (χ2n) is 17.5. The summed E-state index contributed by atoms with van der Waals surface area (Å²) in [6, 6.07) is 93.8. The number of benzene rings is 10. The molecule has 0 atom stereocenters. The molecule has 0 aliphatic heterocycles. The van der Waals surface area contributed by atoms with Crippen LogP contribution in [-0.2, 0) is 10.8 Å². The van der Waals surface area contributed by atoms with Gasteiger partial charge in [0.2, 0.25) is 0 Å². The lowest BCUT2D eigenvalue weighted by atomic mass is 9.67. The summed E-state index contributed by atoms with van der Waals surface area (Å²) in [4.78, 5) is 2.43. The number of furan rings is 1. The summed E-state index contributed by atoms with van der Waals surface area (Å²) in [7, 11) is 0. The lowest BCUT2D eigenvalue weighted by Gasteiger charge is -2.35. The van der Waals surface area contributed by atoms with Crippen LogP contribution in [0.15, 0.2) is 265 Å². The molecule has 66 heavy (non-hydrogen) atoms. The highest BCUT2D eigenvalue weighted by Gasteiger charge is 2.47. The molecule has 0 radical (unpaired) electrons. The van der Waals surface area contributed by atoms with Crippen molar-refractivity contribution in [3.63, 3.8) is 0 Å². The van der Waals surface area contributed by atoms with E-state index >= 15 is 0 Å². The molecule has 2 aliphatic rings. The van der Waals surface area contributed by atoms with Gasteiger partial charge in [0.25, 0.3) is 0 Å². The van der Waals surface area contributed by atoms with Crippen molar-refractivity contribution < 1.29 is 4.42 Å². The first-order valence-corrected chi connectivity index (χ1v) is 22.8. The smallest absolute Gasteiger partial charge is 0.135 e.